The van der Waals surface area contributed by atoms with E-state index in [1.807, 2.05) is 46.1 Å². The van der Waals surface area contributed by atoms with Crippen LogP contribution in [-0.2, 0) is 0 Å². The number of rotatable bonds is 11. The van der Waals surface area contributed by atoms with E-state index in [0.29, 0.717) is 5.56 Å². The van der Waals surface area contributed by atoms with Crippen molar-refractivity contribution in [2.75, 3.05) is 25.5 Å². The van der Waals surface area contributed by atoms with Crippen LogP contribution < -0.4 is 15.4 Å². The first kappa shape index (κ1) is 33.5. The Bertz CT molecular complexity index is 1170. The lowest BCUT2D eigenvalue weighted by Crippen LogP contribution is -2.17. The number of benzene rings is 1. The Hall–Kier alpha value is -3.51. The number of pyridine rings is 2. The first-order valence-corrected chi connectivity index (χ1v) is 13.9. The lowest BCUT2D eigenvalue weighted by molar-refractivity contribution is 0.112. The number of unbranched alkanes of at least 4 members (excludes halogenated alkanes) is 1. The van der Waals surface area contributed by atoms with Crippen molar-refractivity contribution in [3.8, 4) is 5.75 Å². The molecule has 6 nitrogen and oxygen atoms in total. The van der Waals surface area contributed by atoms with Crippen LogP contribution in [0.5, 0.6) is 5.75 Å². The van der Waals surface area contributed by atoms with E-state index in [1.165, 1.54) is 24.0 Å². The van der Waals surface area contributed by atoms with Crippen LogP contribution in [0.25, 0.3) is 16.5 Å². The maximum Gasteiger partial charge on any atom is 0.150 e. The average molecular weight is 533 g/mol. The molecule has 6 heteroatoms. The van der Waals surface area contributed by atoms with Crippen molar-refractivity contribution < 1.29 is 9.53 Å². The van der Waals surface area contributed by atoms with E-state index < -0.39 is 0 Å². The zero-order valence-corrected chi connectivity index (χ0v) is 25.2. The predicted molar refractivity (Wildman–Crippen MR) is 168 cm³/mol. The van der Waals surface area contributed by atoms with Crippen molar-refractivity contribution in [3.63, 3.8) is 0 Å². The summed E-state index contributed by atoms with van der Waals surface area (Å²) in [6.45, 7) is 16.8. The number of aldehydes is 1. The van der Waals surface area contributed by atoms with Gasteiger partial charge in [-0.2, -0.15) is 0 Å². The van der Waals surface area contributed by atoms with Gasteiger partial charge in [-0.05, 0) is 96.0 Å². The quantitative estimate of drug-likeness (QED) is 0.148. The van der Waals surface area contributed by atoms with Gasteiger partial charge in [-0.25, -0.2) is 9.97 Å². The van der Waals surface area contributed by atoms with Crippen LogP contribution in [-0.4, -0.2) is 42.5 Å². The van der Waals surface area contributed by atoms with E-state index in [2.05, 4.69) is 66.5 Å². The van der Waals surface area contributed by atoms with Gasteiger partial charge in [-0.15, -0.1) is 0 Å². The third-order valence-corrected chi connectivity index (χ3v) is 5.72. The number of fused-ring (bicyclic) bond motifs is 1. The SMILES string of the molecule is C/C=C(\C)c1ccc2cnc(NC)cc2n1.CC(C)Oc1ccc(C=O)cc1.CC/C=C(/C)CNCCCC. The molecule has 0 atom stereocenters. The van der Waals surface area contributed by atoms with E-state index in [4.69, 9.17) is 4.74 Å². The monoisotopic (exact) mass is 532 g/mol. The Morgan fingerprint density at radius 1 is 1.08 bits per heavy atom. The Balaban J connectivity index is 0.000000300. The van der Waals surface area contributed by atoms with Crippen LogP contribution >= 0.6 is 0 Å². The number of hydrogen-bond acceptors (Lipinski definition) is 6. The Morgan fingerprint density at radius 3 is 2.36 bits per heavy atom. The molecular formula is C33H48N4O2. The Morgan fingerprint density at radius 2 is 1.79 bits per heavy atom. The van der Waals surface area contributed by atoms with Crippen LogP contribution in [0.2, 0.25) is 0 Å². The molecule has 0 aliphatic rings. The van der Waals surface area contributed by atoms with Crippen molar-refractivity contribution in [1.82, 2.24) is 15.3 Å². The third-order valence-electron chi connectivity index (χ3n) is 5.72. The van der Waals surface area contributed by atoms with Gasteiger partial charge in [0.05, 0.1) is 17.3 Å². The molecule has 0 saturated heterocycles. The van der Waals surface area contributed by atoms with Gasteiger partial charge in [0.15, 0.2) is 0 Å². The molecule has 1 aromatic carbocycles. The van der Waals surface area contributed by atoms with Gasteiger partial charge in [-0.3, -0.25) is 4.79 Å². The fraction of sp³-hybridized carbons (Fsp3) is 0.424. The van der Waals surface area contributed by atoms with E-state index >= 15 is 0 Å². The fourth-order valence-electron chi connectivity index (χ4n) is 3.43. The zero-order chi connectivity index (χ0) is 29.0. The summed E-state index contributed by atoms with van der Waals surface area (Å²) in [5.41, 5.74) is 5.31. The average Bonchev–Trinajstić information content (AvgIpc) is 2.95. The van der Waals surface area contributed by atoms with Gasteiger partial charge in [0.1, 0.15) is 17.9 Å². The smallest absolute Gasteiger partial charge is 0.150 e. The molecule has 0 saturated carbocycles. The number of allylic oxidation sites excluding steroid dienone is 3. The Labute approximate surface area is 236 Å². The number of carbonyl (C=O) groups is 1. The zero-order valence-electron chi connectivity index (χ0n) is 25.2. The number of hydrogen-bond donors (Lipinski definition) is 2. The number of nitrogens with zero attached hydrogens (tertiary/aromatic N) is 2. The molecule has 3 rings (SSSR count). The molecule has 2 heterocycles. The lowest BCUT2D eigenvalue weighted by atomic mass is 10.1. The van der Waals surface area contributed by atoms with Crippen molar-refractivity contribution in [3.05, 3.63) is 77.6 Å². The highest BCUT2D eigenvalue weighted by Crippen LogP contribution is 2.18. The maximum absolute atomic E-state index is 10.3. The summed E-state index contributed by atoms with van der Waals surface area (Å²) in [5.74, 6) is 1.64. The van der Waals surface area contributed by atoms with Crippen LogP contribution in [0.4, 0.5) is 5.82 Å². The van der Waals surface area contributed by atoms with Gasteiger partial charge in [0.2, 0.25) is 0 Å². The third kappa shape index (κ3) is 13.7. The molecule has 0 aliphatic carbocycles. The van der Waals surface area contributed by atoms with E-state index in [-0.39, 0.29) is 6.10 Å². The number of anilines is 1. The van der Waals surface area contributed by atoms with E-state index in [9.17, 15) is 4.79 Å². The van der Waals surface area contributed by atoms with E-state index in [1.54, 1.807) is 24.3 Å². The molecule has 0 fully saturated rings. The normalized spacial score (nSPS) is 11.3. The van der Waals surface area contributed by atoms with Gasteiger partial charge >= 0.3 is 0 Å². The number of carbonyl (C=O) groups excluding carboxylic acids is 1. The summed E-state index contributed by atoms with van der Waals surface area (Å²) in [6, 6.07) is 13.1. The van der Waals surface area contributed by atoms with Crippen LogP contribution in [0.3, 0.4) is 0 Å². The summed E-state index contributed by atoms with van der Waals surface area (Å²) in [6.07, 6.45) is 10.9. The second-order valence-corrected chi connectivity index (χ2v) is 9.52. The van der Waals surface area contributed by atoms with Crippen molar-refractivity contribution in [1.29, 1.82) is 0 Å². The van der Waals surface area contributed by atoms with Gasteiger partial charge < -0.3 is 15.4 Å². The van der Waals surface area contributed by atoms with Gasteiger partial charge in [0.25, 0.3) is 0 Å². The summed E-state index contributed by atoms with van der Waals surface area (Å²) in [5, 5.41) is 7.48. The minimum Gasteiger partial charge on any atom is -0.491 e. The van der Waals surface area contributed by atoms with Gasteiger partial charge in [-0.1, -0.05) is 38.0 Å². The van der Waals surface area contributed by atoms with Crippen molar-refractivity contribution in [2.45, 2.75) is 73.8 Å². The predicted octanol–water partition coefficient (Wildman–Crippen LogP) is 8.11. The lowest BCUT2D eigenvalue weighted by Gasteiger charge is -2.08. The molecule has 0 amide bonds. The molecule has 39 heavy (non-hydrogen) atoms. The van der Waals surface area contributed by atoms with Crippen molar-refractivity contribution >= 4 is 28.6 Å². The molecule has 0 radical (unpaired) electrons. The molecule has 212 valence electrons. The molecular weight excluding hydrogens is 484 g/mol. The second-order valence-electron chi connectivity index (χ2n) is 9.52. The molecule has 2 aromatic heterocycles. The van der Waals surface area contributed by atoms with Crippen LogP contribution in [0, 0.1) is 0 Å². The highest BCUT2D eigenvalue weighted by Gasteiger charge is 2.01. The number of ether oxygens (including phenoxy) is 1. The Kier molecular flexibility index (Phi) is 16.8. The minimum atomic E-state index is 0.173. The standard InChI is InChI=1S/C13H15N3.C10H21N.C10H12O2/c1-4-9(2)11-6-5-10-8-15-13(14-3)7-12(10)16-11;1-4-6-8-11-9-10(3)7-5-2;1-8(2)12-10-5-3-9(7-11)4-6-10/h4-8H,1-3H3,(H,14,15);7,11H,4-6,8-9H2,1-3H3;3-8H,1-2H3/b9-4+;10-7-;. The summed E-state index contributed by atoms with van der Waals surface area (Å²) in [4.78, 5) is 19.2. The molecule has 0 aliphatic heterocycles. The summed E-state index contributed by atoms with van der Waals surface area (Å²) < 4.78 is 5.40. The minimum absolute atomic E-state index is 0.173. The molecule has 0 unspecified atom stereocenters. The first-order valence-electron chi connectivity index (χ1n) is 13.9. The van der Waals surface area contributed by atoms with Crippen LogP contribution in [0.1, 0.15) is 83.8 Å². The summed E-state index contributed by atoms with van der Waals surface area (Å²) >= 11 is 0. The largest absolute Gasteiger partial charge is 0.491 e. The second kappa shape index (κ2) is 19.5. The molecule has 0 spiro atoms. The summed E-state index contributed by atoms with van der Waals surface area (Å²) in [7, 11) is 1.86. The van der Waals surface area contributed by atoms with E-state index in [0.717, 1.165) is 54.0 Å². The molecule has 0 bridgehead atoms. The first-order chi connectivity index (χ1) is 18.8. The van der Waals surface area contributed by atoms with Gasteiger partial charge in [0, 0.05) is 36.8 Å². The number of nitrogens with one attached hydrogen (secondary N) is 2. The fourth-order valence-corrected chi connectivity index (χ4v) is 3.43. The van der Waals surface area contributed by atoms with Crippen molar-refractivity contribution in [2.24, 2.45) is 0 Å². The number of aromatic nitrogens is 2. The van der Waals surface area contributed by atoms with Crippen LogP contribution in [0.15, 0.2) is 66.4 Å². The molecule has 2 N–H and O–H groups in total. The highest BCUT2D eigenvalue weighted by molar-refractivity contribution is 5.82. The highest BCUT2D eigenvalue weighted by atomic mass is 16.5. The maximum atomic E-state index is 10.3. The topological polar surface area (TPSA) is 76.1 Å². The molecule has 3 aromatic rings.